The molecule has 0 bridgehead atoms. The Bertz CT molecular complexity index is 120. The number of hydrogen-bond acceptors (Lipinski definition) is 4. The van der Waals surface area contributed by atoms with Crippen molar-refractivity contribution < 1.29 is 9.53 Å². The highest BCUT2D eigenvalue weighted by Gasteiger charge is 1.82. The van der Waals surface area contributed by atoms with E-state index in [-0.39, 0.29) is 0 Å². The predicted molar refractivity (Wildman–Crippen MR) is 48.3 cm³/mol. The Morgan fingerprint density at radius 2 is 2.58 bits per heavy atom. The van der Waals surface area contributed by atoms with Gasteiger partial charge in [-0.05, 0) is 6.42 Å². The van der Waals surface area contributed by atoms with E-state index in [0.717, 1.165) is 25.9 Å². The van der Waals surface area contributed by atoms with Crippen LogP contribution in [0.25, 0.3) is 0 Å². The number of hydrogen-bond donors (Lipinski definition) is 1. The highest BCUT2D eigenvalue weighted by Crippen LogP contribution is 1.83. The van der Waals surface area contributed by atoms with Crippen molar-refractivity contribution in [1.29, 1.82) is 0 Å². The molecule has 0 saturated carbocycles. The summed E-state index contributed by atoms with van der Waals surface area (Å²) in [5.74, 6) is 0. The van der Waals surface area contributed by atoms with Crippen LogP contribution < -0.4 is 5.32 Å². The zero-order chi connectivity index (χ0) is 9.07. The van der Waals surface area contributed by atoms with Crippen molar-refractivity contribution in [3.05, 3.63) is 0 Å². The van der Waals surface area contributed by atoms with Crippen molar-refractivity contribution in [3.63, 3.8) is 0 Å². The first kappa shape index (κ1) is 10.9. The van der Waals surface area contributed by atoms with Gasteiger partial charge in [-0.25, -0.2) is 0 Å². The first-order valence-corrected chi connectivity index (χ1v) is 4.18. The van der Waals surface area contributed by atoms with Gasteiger partial charge >= 0.3 is 0 Å². The predicted octanol–water partition coefficient (Wildman–Crippen LogP) is 0.577. The van der Waals surface area contributed by atoms with Crippen molar-refractivity contribution in [2.24, 2.45) is 4.99 Å². The van der Waals surface area contributed by atoms with Gasteiger partial charge in [-0.1, -0.05) is 13.3 Å². The molecular formula is C8H16N2O2. The second kappa shape index (κ2) is 9.94. The fourth-order valence-electron chi connectivity index (χ4n) is 0.599. The standard InChI is InChI=1S/C5H10O2.C3H6N2/c1-2-3-4-7-5-6;1-2-5-3-4-1/h5H,2-4H2,1H3;3H,1-2H2,(H,4,5). The number of aliphatic imine (C=N–C) groups is 1. The van der Waals surface area contributed by atoms with Gasteiger partial charge in [0.2, 0.25) is 0 Å². The van der Waals surface area contributed by atoms with Gasteiger partial charge in [0.25, 0.3) is 6.47 Å². The summed E-state index contributed by atoms with van der Waals surface area (Å²) in [4.78, 5) is 13.3. The number of carbonyl (C=O) groups excluding carboxylic acids is 1. The molecule has 0 aromatic carbocycles. The molecule has 0 aromatic rings. The minimum atomic E-state index is 0.482. The van der Waals surface area contributed by atoms with E-state index in [1.165, 1.54) is 0 Å². The molecule has 1 aliphatic heterocycles. The van der Waals surface area contributed by atoms with Crippen molar-refractivity contribution in [2.75, 3.05) is 19.7 Å². The zero-order valence-corrected chi connectivity index (χ0v) is 7.45. The molecule has 0 aliphatic carbocycles. The first-order valence-electron chi connectivity index (χ1n) is 4.18. The van der Waals surface area contributed by atoms with Gasteiger partial charge in [-0.3, -0.25) is 9.79 Å². The summed E-state index contributed by atoms with van der Waals surface area (Å²) in [5, 5.41) is 2.93. The molecule has 0 radical (unpaired) electrons. The van der Waals surface area contributed by atoms with E-state index in [1.807, 2.05) is 6.92 Å². The summed E-state index contributed by atoms with van der Waals surface area (Å²) in [6, 6.07) is 0. The quantitative estimate of drug-likeness (QED) is 0.498. The SMILES string of the molecule is C1=NCCN1.CCCCOC=O. The average Bonchev–Trinajstić information content (AvgIpc) is 2.62. The molecule has 0 aromatic heterocycles. The summed E-state index contributed by atoms with van der Waals surface area (Å²) < 4.78 is 4.39. The number of unbranched alkanes of at least 4 members (excludes halogenated alkanes) is 1. The normalized spacial score (nSPS) is 12.8. The van der Waals surface area contributed by atoms with E-state index in [2.05, 4.69) is 15.0 Å². The lowest BCUT2D eigenvalue weighted by molar-refractivity contribution is -0.128. The second-order valence-electron chi connectivity index (χ2n) is 2.31. The summed E-state index contributed by atoms with van der Waals surface area (Å²) >= 11 is 0. The van der Waals surface area contributed by atoms with Crippen LogP contribution in [0.1, 0.15) is 19.8 Å². The summed E-state index contributed by atoms with van der Waals surface area (Å²) in [7, 11) is 0. The number of ether oxygens (including phenoxy) is 1. The van der Waals surface area contributed by atoms with Gasteiger partial charge in [0, 0.05) is 6.54 Å². The van der Waals surface area contributed by atoms with Crippen molar-refractivity contribution in [3.8, 4) is 0 Å². The van der Waals surface area contributed by atoms with Gasteiger partial charge in [-0.2, -0.15) is 0 Å². The summed E-state index contributed by atoms with van der Waals surface area (Å²) in [6.07, 6.45) is 3.78. The van der Waals surface area contributed by atoms with E-state index in [9.17, 15) is 4.79 Å². The van der Waals surface area contributed by atoms with Gasteiger partial charge < -0.3 is 10.1 Å². The monoisotopic (exact) mass is 172 g/mol. The van der Waals surface area contributed by atoms with Crippen LogP contribution in [0.4, 0.5) is 0 Å². The molecule has 0 amide bonds. The molecule has 0 spiro atoms. The Labute approximate surface area is 73.0 Å². The van der Waals surface area contributed by atoms with Crippen LogP contribution in [0.3, 0.4) is 0 Å². The van der Waals surface area contributed by atoms with Crippen LogP contribution in [0, 0.1) is 0 Å². The molecule has 1 rings (SSSR count). The Hall–Kier alpha value is -1.06. The molecular weight excluding hydrogens is 156 g/mol. The molecule has 4 heteroatoms. The smallest absolute Gasteiger partial charge is 0.293 e. The molecule has 4 nitrogen and oxygen atoms in total. The van der Waals surface area contributed by atoms with E-state index < -0.39 is 0 Å². The van der Waals surface area contributed by atoms with E-state index in [0.29, 0.717) is 13.1 Å². The molecule has 0 unspecified atom stereocenters. The van der Waals surface area contributed by atoms with Crippen molar-refractivity contribution in [2.45, 2.75) is 19.8 Å². The van der Waals surface area contributed by atoms with Crippen LogP contribution in [0.5, 0.6) is 0 Å². The highest BCUT2D eigenvalue weighted by molar-refractivity contribution is 5.56. The second-order valence-corrected chi connectivity index (χ2v) is 2.31. The molecule has 0 saturated heterocycles. The Morgan fingerprint density at radius 3 is 2.92 bits per heavy atom. The Kier molecular flexibility index (Phi) is 9.06. The third kappa shape index (κ3) is 8.94. The zero-order valence-electron chi connectivity index (χ0n) is 7.45. The number of nitrogens with one attached hydrogen (secondary N) is 1. The van der Waals surface area contributed by atoms with Crippen LogP contribution in [-0.2, 0) is 9.53 Å². The Balaban J connectivity index is 0.000000211. The third-order valence-electron chi connectivity index (χ3n) is 1.25. The summed E-state index contributed by atoms with van der Waals surface area (Å²) in [5.41, 5.74) is 0. The molecule has 12 heavy (non-hydrogen) atoms. The van der Waals surface area contributed by atoms with Gasteiger partial charge in [-0.15, -0.1) is 0 Å². The lowest BCUT2D eigenvalue weighted by atomic mass is 10.4. The maximum absolute atomic E-state index is 9.46. The van der Waals surface area contributed by atoms with Gasteiger partial charge in [0.05, 0.1) is 19.5 Å². The summed E-state index contributed by atoms with van der Waals surface area (Å²) in [6.45, 7) is 5.09. The fourth-order valence-corrected chi connectivity index (χ4v) is 0.599. The first-order chi connectivity index (χ1) is 5.91. The largest absolute Gasteiger partial charge is 0.468 e. The number of rotatable bonds is 4. The maximum atomic E-state index is 9.46. The highest BCUT2D eigenvalue weighted by atomic mass is 16.5. The maximum Gasteiger partial charge on any atom is 0.293 e. The van der Waals surface area contributed by atoms with E-state index in [1.54, 1.807) is 6.34 Å². The lowest BCUT2D eigenvalue weighted by Crippen LogP contribution is -2.04. The third-order valence-corrected chi connectivity index (χ3v) is 1.25. The number of nitrogens with zero attached hydrogens (tertiary/aromatic N) is 1. The molecule has 1 N–H and O–H groups in total. The lowest BCUT2D eigenvalue weighted by Gasteiger charge is -1.90. The molecule has 0 fully saturated rings. The van der Waals surface area contributed by atoms with Crippen LogP contribution in [-0.4, -0.2) is 32.5 Å². The van der Waals surface area contributed by atoms with Gasteiger partial charge in [0.1, 0.15) is 0 Å². The molecule has 0 atom stereocenters. The Morgan fingerprint density at radius 1 is 1.75 bits per heavy atom. The fraction of sp³-hybridized carbons (Fsp3) is 0.750. The molecule has 1 aliphatic rings. The van der Waals surface area contributed by atoms with Crippen LogP contribution in [0.15, 0.2) is 4.99 Å². The average molecular weight is 172 g/mol. The molecule has 70 valence electrons. The van der Waals surface area contributed by atoms with E-state index >= 15 is 0 Å². The topological polar surface area (TPSA) is 50.7 Å². The van der Waals surface area contributed by atoms with Crippen LogP contribution >= 0.6 is 0 Å². The molecule has 1 heterocycles. The van der Waals surface area contributed by atoms with Crippen molar-refractivity contribution in [1.82, 2.24) is 5.32 Å². The van der Waals surface area contributed by atoms with Crippen molar-refractivity contribution >= 4 is 12.8 Å². The number of carbonyl (C=O) groups is 1. The van der Waals surface area contributed by atoms with Crippen LogP contribution in [0.2, 0.25) is 0 Å². The van der Waals surface area contributed by atoms with Gasteiger partial charge in [0.15, 0.2) is 0 Å². The minimum absolute atomic E-state index is 0.482. The van der Waals surface area contributed by atoms with E-state index in [4.69, 9.17) is 0 Å². The minimum Gasteiger partial charge on any atom is -0.468 e.